The van der Waals surface area contributed by atoms with Gasteiger partial charge in [-0.2, -0.15) is 0 Å². The lowest BCUT2D eigenvalue weighted by molar-refractivity contribution is -0.104. The molecule has 0 aromatic carbocycles. The van der Waals surface area contributed by atoms with Crippen molar-refractivity contribution in [1.29, 1.82) is 0 Å². The summed E-state index contributed by atoms with van der Waals surface area (Å²) in [4.78, 5) is 0. The van der Waals surface area contributed by atoms with E-state index in [0.29, 0.717) is 17.9 Å². The van der Waals surface area contributed by atoms with Gasteiger partial charge < -0.3 is 19.9 Å². The predicted octanol–water partition coefficient (Wildman–Crippen LogP) is 1.32. The lowest BCUT2D eigenvalue weighted by atomic mass is 9.76. The average Bonchev–Trinajstić information content (AvgIpc) is 2.98. The Labute approximate surface area is 109 Å². The number of hydrogen-bond donors (Lipinski definition) is 1. The molecule has 0 radical (unpaired) electrons. The van der Waals surface area contributed by atoms with E-state index in [0.717, 1.165) is 52.1 Å². The van der Waals surface area contributed by atoms with Gasteiger partial charge in [-0.3, -0.25) is 0 Å². The predicted molar refractivity (Wildman–Crippen MR) is 68.3 cm³/mol. The zero-order chi connectivity index (χ0) is 12.6. The van der Waals surface area contributed by atoms with E-state index in [1.54, 1.807) is 0 Å². The molecule has 5 unspecified atom stereocenters. The van der Waals surface area contributed by atoms with E-state index in [2.05, 4.69) is 6.92 Å². The minimum absolute atomic E-state index is 0.0246. The molecule has 4 heteroatoms. The molecular weight excluding hydrogens is 230 g/mol. The number of ether oxygens (including phenoxy) is 3. The van der Waals surface area contributed by atoms with Gasteiger partial charge in [0.05, 0.1) is 18.3 Å². The van der Waals surface area contributed by atoms with Crippen molar-refractivity contribution < 1.29 is 14.2 Å². The van der Waals surface area contributed by atoms with Crippen molar-refractivity contribution in [2.45, 2.75) is 50.4 Å². The molecule has 3 aliphatic heterocycles. The molecular formula is C14H25NO3. The SMILES string of the molecule is CC1OCCC1C(N)C1CCOC2(CCOC2)C1. The summed E-state index contributed by atoms with van der Waals surface area (Å²) in [6.45, 7) is 5.46. The first-order valence-electron chi connectivity index (χ1n) is 7.29. The van der Waals surface area contributed by atoms with Gasteiger partial charge in [0.2, 0.25) is 0 Å². The van der Waals surface area contributed by atoms with Crippen LogP contribution in [0.2, 0.25) is 0 Å². The van der Waals surface area contributed by atoms with Gasteiger partial charge in [0.25, 0.3) is 0 Å². The fourth-order valence-corrected chi connectivity index (χ4v) is 3.86. The molecule has 3 fully saturated rings. The Balaban J connectivity index is 1.64. The molecule has 0 aromatic heterocycles. The van der Waals surface area contributed by atoms with Crippen LogP contribution < -0.4 is 5.73 Å². The molecule has 3 heterocycles. The summed E-state index contributed by atoms with van der Waals surface area (Å²) in [6, 6.07) is 0.254. The third kappa shape index (κ3) is 2.31. The summed E-state index contributed by atoms with van der Waals surface area (Å²) in [6.07, 6.45) is 4.62. The Kier molecular flexibility index (Phi) is 3.63. The lowest BCUT2D eigenvalue weighted by Crippen LogP contribution is -2.49. The van der Waals surface area contributed by atoms with Crippen LogP contribution in [0.1, 0.15) is 32.6 Å². The van der Waals surface area contributed by atoms with Crippen LogP contribution in [0.3, 0.4) is 0 Å². The third-order valence-electron chi connectivity index (χ3n) is 5.07. The molecule has 5 atom stereocenters. The van der Waals surface area contributed by atoms with Crippen LogP contribution in [0, 0.1) is 11.8 Å². The monoisotopic (exact) mass is 255 g/mol. The smallest absolute Gasteiger partial charge is 0.0939 e. The maximum absolute atomic E-state index is 6.52. The fourth-order valence-electron chi connectivity index (χ4n) is 3.86. The molecule has 3 aliphatic rings. The number of nitrogens with two attached hydrogens (primary N) is 1. The molecule has 2 N–H and O–H groups in total. The van der Waals surface area contributed by atoms with Crippen LogP contribution in [0.25, 0.3) is 0 Å². The Bertz CT molecular complexity index is 291. The van der Waals surface area contributed by atoms with Crippen molar-refractivity contribution in [3.05, 3.63) is 0 Å². The van der Waals surface area contributed by atoms with Gasteiger partial charge in [-0.05, 0) is 32.1 Å². The molecule has 104 valence electrons. The van der Waals surface area contributed by atoms with Crippen LogP contribution in [0.5, 0.6) is 0 Å². The molecule has 3 saturated heterocycles. The van der Waals surface area contributed by atoms with Crippen LogP contribution in [0.15, 0.2) is 0 Å². The first kappa shape index (κ1) is 12.9. The number of rotatable bonds is 2. The summed E-state index contributed by atoms with van der Waals surface area (Å²) < 4.78 is 17.2. The van der Waals surface area contributed by atoms with Crippen molar-refractivity contribution in [1.82, 2.24) is 0 Å². The topological polar surface area (TPSA) is 53.7 Å². The molecule has 0 bridgehead atoms. The molecule has 0 aliphatic carbocycles. The van der Waals surface area contributed by atoms with Gasteiger partial charge in [0.1, 0.15) is 0 Å². The second-order valence-corrected chi connectivity index (χ2v) is 6.19. The summed E-state index contributed by atoms with van der Waals surface area (Å²) in [5.41, 5.74) is 6.49. The summed E-state index contributed by atoms with van der Waals surface area (Å²) >= 11 is 0. The van der Waals surface area contributed by atoms with Crippen molar-refractivity contribution in [3.8, 4) is 0 Å². The van der Waals surface area contributed by atoms with Gasteiger partial charge in [0, 0.05) is 38.2 Å². The quantitative estimate of drug-likeness (QED) is 0.808. The third-order valence-corrected chi connectivity index (χ3v) is 5.07. The minimum Gasteiger partial charge on any atom is -0.378 e. The highest BCUT2D eigenvalue weighted by atomic mass is 16.6. The van der Waals surface area contributed by atoms with E-state index in [4.69, 9.17) is 19.9 Å². The average molecular weight is 255 g/mol. The van der Waals surface area contributed by atoms with Crippen molar-refractivity contribution >= 4 is 0 Å². The van der Waals surface area contributed by atoms with Crippen LogP contribution in [0.4, 0.5) is 0 Å². The van der Waals surface area contributed by atoms with E-state index in [-0.39, 0.29) is 11.6 Å². The van der Waals surface area contributed by atoms with Crippen molar-refractivity contribution in [2.24, 2.45) is 17.6 Å². The molecule has 0 aromatic rings. The van der Waals surface area contributed by atoms with Gasteiger partial charge in [-0.15, -0.1) is 0 Å². The molecule has 18 heavy (non-hydrogen) atoms. The van der Waals surface area contributed by atoms with Gasteiger partial charge in [0.15, 0.2) is 0 Å². The first-order valence-corrected chi connectivity index (χ1v) is 7.29. The summed E-state index contributed by atoms with van der Waals surface area (Å²) in [7, 11) is 0. The van der Waals surface area contributed by atoms with Crippen molar-refractivity contribution in [2.75, 3.05) is 26.4 Å². The largest absolute Gasteiger partial charge is 0.378 e. The fraction of sp³-hybridized carbons (Fsp3) is 1.00. The molecule has 3 rings (SSSR count). The van der Waals surface area contributed by atoms with E-state index < -0.39 is 0 Å². The number of hydrogen-bond acceptors (Lipinski definition) is 4. The second kappa shape index (κ2) is 5.08. The normalized spacial score (nSPS) is 46.7. The lowest BCUT2D eigenvalue weighted by Gasteiger charge is -2.41. The van der Waals surface area contributed by atoms with Gasteiger partial charge in [-0.25, -0.2) is 0 Å². The van der Waals surface area contributed by atoms with E-state index in [1.165, 1.54) is 0 Å². The van der Waals surface area contributed by atoms with E-state index in [9.17, 15) is 0 Å². The Morgan fingerprint density at radius 3 is 2.78 bits per heavy atom. The maximum Gasteiger partial charge on any atom is 0.0939 e. The maximum atomic E-state index is 6.52. The summed E-state index contributed by atoms with van der Waals surface area (Å²) in [5.74, 6) is 1.09. The minimum atomic E-state index is -0.0246. The van der Waals surface area contributed by atoms with E-state index in [1.807, 2.05) is 0 Å². The highest BCUT2D eigenvalue weighted by molar-refractivity contribution is 4.96. The molecule has 0 saturated carbocycles. The molecule has 1 spiro atoms. The highest BCUT2D eigenvalue weighted by Gasteiger charge is 2.44. The van der Waals surface area contributed by atoms with Crippen LogP contribution in [-0.4, -0.2) is 44.2 Å². The second-order valence-electron chi connectivity index (χ2n) is 6.19. The van der Waals surface area contributed by atoms with Crippen molar-refractivity contribution in [3.63, 3.8) is 0 Å². The van der Waals surface area contributed by atoms with Gasteiger partial charge in [-0.1, -0.05) is 0 Å². The summed E-state index contributed by atoms with van der Waals surface area (Å²) in [5, 5.41) is 0. The Hall–Kier alpha value is -0.160. The Morgan fingerprint density at radius 1 is 1.22 bits per heavy atom. The first-order chi connectivity index (χ1) is 8.70. The zero-order valence-electron chi connectivity index (χ0n) is 11.3. The molecule has 4 nitrogen and oxygen atoms in total. The van der Waals surface area contributed by atoms with E-state index >= 15 is 0 Å². The van der Waals surface area contributed by atoms with Crippen LogP contribution >= 0.6 is 0 Å². The highest BCUT2D eigenvalue weighted by Crippen LogP contribution is 2.39. The van der Waals surface area contributed by atoms with Crippen LogP contribution in [-0.2, 0) is 14.2 Å². The molecule has 0 amide bonds. The van der Waals surface area contributed by atoms with Gasteiger partial charge >= 0.3 is 0 Å². The standard InChI is InChI=1S/C14H25NO3/c1-10-12(3-5-17-10)13(15)11-2-6-18-14(8-11)4-7-16-9-14/h10-13H,2-9,15H2,1H3. The zero-order valence-corrected chi connectivity index (χ0v) is 11.3. The Morgan fingerprint density at radius 2 is 2.11 bits per heavy atom.